The van der Waals surface area contributed by atoms with Crippen molar-refractivity contribution in [3.8, 4) is 0 Å². The molecular weight excluding hydrogens is 757 g/mol. The van der Waals surface area contributed by atoms with Gasteiger partial charge in [-0.1, -0.05) is 218 Å². The molecule has 0 rings (SSSR count). The molecule has 0 amide bonds. The molecule has 356 valence electrons. The number of rotatable bonds is 48. The van der Waals surface area contributed by atoms with Crippen LogP contribution in [0, 0.1) is 0 Å². The van der Waals surface area contributed by atoms with Crippen molar-refractivity contribution in [2.24, 2.45) is 0 Å². The smallest absolute Gasteiger partial charge is 0.306 e. The Morgan fingerprint density at radius 2 is 0.590 bits per heavy atom. The van der Waals surface area contributed by atoms with Crippen LogP contribution in [-0.4, -0.2) is 37.2 Å². The molecule has 0 saturated carbocycles. The molecule has 0 saturated heterocycles. The van der Waals surface area contributed by atoms with Crippen LogP contribution in [0.3, 0.4) is 0 Å². The minimum Gasteiger partial charge on any atom is -0.462 e. The van der Waals surface area contributed by atoms with Crippen LogP contribution in [0.1, 0.15) is 278 Å². The van der Waals surface area contributed by atoms with Crippen LogP contribution >= 0.6 is 0 Å². The van der Waals surface area contributed by atoms with E-state index in [1.807, 2.05) is 0 Å². The summed E-state index contributed by atoms with van der Waals surface area (Å²) in [6.07, 6.45) is 58.4. The van der Waals surface area contributed by atoms with Gasteiger partial charge in [0.2, 0.25) is 0 Å². The Hall–Kier alpha value is -2.37. The van der Waals surface area contributed by atoms with E-state index >= 15 is 0 Å². The lowest BCUT2D eigenvalue weighted by molar-refractivity contribution is -0.167. The standard InChI is InChI=1S/C55H100O6/c1-4-7-10-13-16-19-22-24-26-28-30-31-33-36-39-42-45-48-54(57)60-51-52(50-59-53(56)47-44-41-38-35-21-18-15-12-9-6-3)61-55(58)49-46-43-40-37-34-32-29-27-25-23-20-17-14-11-8-5-2/h20,23-24,26-27,29,52H,4-19,21-22,25,28,30-51H2,1-3H3/b23-20-,26-24-,29-27-. The number of allylic oxidation sites excluding steroid dienone is 6. The fourth-order valence-electron chi connectivity index (χ4n) is 7.59. The summed E-state index contributed by atoms with van der Waals surface area (Å²) in [5, 5.41) is 0. The van der Waals surface area contributed by atoms with Crippen molar-refractivity contribution < 1.29 is 28.6 Å². The van der Waals surface area contributed by atoms with Gasteiger partial charge in [0.25, 0.3) is 0 Å². The van der Waals surface area contributed by atoms with Gasteiger partial charge in [0.05, 0.1) is 0 Å². The van der Waals surface area contributed by atoms with Crippen LogP contribution in [0.4, 0.5) is 0 Å². The molecule has 61 heavy (non-hydrogen) atoms. The average molecular weight is 857 g/mol. The lowest BCUT2D eigenvalue weighted by Crippen LogP contribution is -2.30. The Bertz CT molecular complexity index is 1030. The number of carbonyl (C=O) groups excluding carboxylic acids is 3. The third-order valence-corrected chi connectivity index (χ3v) is 11.6. The van der Waals surface area contributed by atoms with E-state index in [1.165, 1.54) is 154 Å². The Morgan fingerprint density at radius 3 is 0.934 bits per heavy atom. The molecule has 0 spiro atoms. The minimum atomic E-state index is -0.777. The van der Waals surface area contributed by atoms with Gasteiger partial charge >= 0.3 is 17.9 Å². The Morgan fingerprint density at radius 1 is 0.328 bits per heavy atom. The normalized spacial score (nSPS) is 12.2. The molecule has 6 heteroatoms. The van der Waals surface area contributed by atoms with E-state index in [1.54, 1.807) is 0 Å². The van der Waals surface area contributed by atoms with Crippen LogP contribution in [0.15, 0.2) is 36.5 Å². The summed E-state index contributed by atoms with van der Waals surface area (Å²) in [5.41, 5.74) is 0. The molecule has 0 aromatic heterocycles. The van der Waals surface area contributed by atoms with Gasteiger partial charge in [0, 0.05) is 19.3 Å². The fraction of sp³-hybridized carbons (Fsp3) is 0.836. The van der Waals surface area contributed by atoms with Crippen LogP contribution in [0.5, 0.6) is 0 Å². The Balaban J connectivity index is 4.34. The highest BCUT2D eigenvalue weighted by Gasteiger charge is 2.19. The molecule has 0 heterocycles. The first-order valence-corrected chi connectivity index (χ1v) is 26.5. The van der Waals surface area contributed by atoms with Gasteiger partial charge in [-0.25, -0.2) is 0 Å². The van der Waals surface area contributed by atoms with E-state index in [0.29, 0.717) is 19.3 Å². The summed E-state index contributed by atoms with van der Waals surface area (Å²) >= 11 is 0. The largest absolute Gasteiger partial charge is 0.462 e. The summed E-state index contributed by atoms with van der Waals surface area (Å²) in [6.45, 7) is 6.61. The second-order valence-corrected chi connectivity index (χ2v) is 17.8. The van der Waals surface area contributed by atoms with Crippen molar-refractivity contribution in [2.45, 2.75) is 284 Å². The topological polar surface area (TPSA) is 78.9 Å². The molecule has 0 N–H and O–H groups in total. The maximum atomic E-state index is 12.8. The molecule has 0 aliphatic heterocycles. The number of carbonyl (C=O) groups is 3. The van der Waals surface area contributed by atoms with Gasteiger partial charge in [0.15, 0.2) is 6.10 Å². The molecule has 1 unspecified atom stereocenters. The van der Waals surface area contributed by atoms with Gasteiger partial charge in [-0.3, -0.25) is 14.4 Å². The number of ether oxygens (including phenoxy) is 3. The van der Waals surface area contributed by atoms with E-state index < -0.39 is 6.10 Å². The Kier molecular flexibility index (Phi) is 48.3. The summed E-state index contributed by atoms with van der Waals surface area (Å²) in [7, 11) is 0. The summed E-state index contributed by atoms with van der Waals surface area (Å²) in [4.78, 5) is 37.9. The first kappa shape index (κ1) is 58.6. The maximum Gasteiger partial charge on any atom is 0.306 e. The maximum absolute atomic E-state index is 12.8. The average Bonchev–Trinajstić information content (AvgIpc) is 3.26. The zero-order valence-electron chi connectivity index (χ0n) is 40.7. The summed E-state index contributed by atoms with van der Waals surface area (Å²) < 4.78 is 16.8. The second kappa shape index (κ2) is 50.3. The number of esters is 3. The van der Waals surface area contributed by atoms with Gasteiger partial charge in [-0.15, -0.1) is 0 Å². The molecule has 0 aromatic rings. The first-order valence-electron chi connectivity index (χ1n) is 26.5. The summed E-state index contributed by atoms with van der Waals surface area (Å²) in [5.74, 6) is -0.886. The predicted octanol–water partition coefficient (Wildman–Crippen LogP) is 17.3. The summed E-state index contributed by atoms with van der Waals surface area (Å²) in [6, 6.07) is 0. The third kappa shape index (κ3) is 48.5. The van der Waals surface area contributed by atoms with Crippen LogP contribution in [0.25, 0.3) is 0 Å². The lowest BCUT2D eigenvalue weighted by Gasteiger charge is -2.18. The van der Waals surface area contributed by atoms with Crippen LogP contribution in [0.2, 0.25) is 0 Å². The minimum absolute atomic E-state index is 0.0766. The van der Waals surface area contributed by atoms with Crippen LogP contribution < -0.4 is 0 Å². The van der Waals surface area contributed by atoms with Crippen molar-refractivity contribution in [3.63, 3.8) is 0 Å². The molecular formula is C55H100O6. The molecule has 0 bridgehead atoms. The van der Waals surface area contributed by atoms with Crippen LogP contribution in [-0.2, 0) is 28.6 Å². The third-order valence-electron chi connectivity index (χ3n) is 11.6. The van der Waals surface area contributed by atoms with E-state index in [4.69, 9.17) is 14.2 Å². The van der Waals surface area contributed by atoms with E-state index in [0.717, 1.165) is 83.5 Å². The van der Waals surface area contributed by atoms with Crippen molar-refractivity contribution >= 4 is 17.9 Å². The van der Waals surface area contributed by atoms with Crippen molar-refractivity contribution in [2.75, 3.05) is 13.2 Å². The number of hydrogen-bond donors (Lipinski definition) is 0. The van der Waals surface area contributed by atoms with Crippen molar-refractivity contribution in [3.05, 3.63) is 36.5 Å². The molecule has 0 aliphatic rings. The fourth-order valence-corrected chi connectivity index (χ4v) is 7.59. The predicted molar refractivity (Wildman–Crippen MR) is 261 cm³/mol. The van der Waals surface area contributed by atoms with Gasteiger partial charge in [-0.05, 0) is 77.0 Å². The van der Waals surface area contributed by atoms with Gasteiger partial charge in [-0.2, -0.15) is 0 Å². The first-order chi connectivity index (χ1) is 30.0. The van der Waals surface area contributed by atoms with Crippen molar-refractivity contribution in [1.29, 1.82) is 0 Å². The number of hydrogen-bond acceptors (Lipinski definition) is 6. The number of unbranched alkanes of at least 4 members (excludes halogenated alkanes) is 31. The van der Waals surface area contributed by atoms with E-state index in [2.05, 4.69) is 57.2 Å². The monoisotopic (exact) mass is 857 g/mol. The zero-order valence-corrected chi connectivity index (χ0v) is 40.7. The van der Waals surface area contributed by atoms with E-state index in [9.17, 15) is 14.4 Å². The Labute approximate surface area is 378 Å². The molecule has 0 radical (unpaired) electrons. The highest BCUT2D eigenvalue weighted by molar-refractivity contribution is 5.71. The van der Waals surface area contributed by atoms with E-state index in [-0.39, 0.29) is 31.1 Å². The molecule has 0 aromatic carbocycles. The SMILES string of the molecule is CCCCCC/C=C\C/C=C\CCCCCCCC(=O)OC(COC(=O)CCCCCCCCC/C=C\CCCCCCCC)COC(=O)CCCCCCCCCCCC. The van der Waals surface area contributed by atoms with Crippen molar-refractivity contribution in [1.82, 2.24) is 0 Å². The molecule has 1 atom stereocenters. The quantitative estimate of drug-likeness (QED) is 0.0262. The molecule has 6 nitrogen and oxygen atoms in total. The lowest BCUT2D eigenvalue weighted by atomic mass is 10.1. The molecule has 0 aliphatic carbocycles. The second-order valence-electron chi connectivity index (χ2n) is 17.8. The molecule has 0 fully saturated rings. The highest BCUT2D eigenvalue weighted by atomic mass is 16.6. The zero-order chi connectivity index (χ0) is 44.4. The highest BCUT2D eigenvalue weighted by Crippen LogP contribution is 2.15. The van der Waals surface area contributed by atoms with Gasteiger partial charge < -0.3 is 14.2 Å². The van der Waals surface area contributed by atoms with Gasteiger partial charge in [0.1, 0.15) is 13.2 Å².